The Morgan fingerprint density at radius 3 is 2.27 bits per heavy atom. The first kappa shape index (κ1) is 10.7. The highest BCUT2D eigenvalue weighted by Crippen LogP contribution is 2.11. The van der Waals surface area contributed by atoms with Crippen LogP contribution in [0.4, 0.5) is 0 Å². The molecule has 1 heteroatoms. The third-order valence-corrected chi connectivity index (χ3v) is 2.34. The van der Waals surface area contributed by atoms with E-state index in [4.69, 9.17) is 0 Å². The van der Waals surface area contributed by atoms with Crippen molar-refractivity contribution in [1.82, 2.24) is 5.32 Å². The lowest BCUT2D eigenvalue weighted by molar-refractivity contribution is 0.364. The smallest absolute Gasteiger partial charge is 0.0134 e. The Labute approximate surface area is 70.9 Å². The van der Waals surface area contributed by atoms with Crippen LogP contribution in [0.2, 0.25) is 0 Å². The SMILES string of the molecule is C=CCNC(C)C(CC)CC. The summed E-state index contributed by atoms with van der Waals surface area (Å²) in [4.78, 5) is 0. The number of hydrogen-bond acceptors (Lipinski definition) is 1. The molecule has 66 valence electrons. The minimum Gasteiger partial charge on any atom is -0.311 e. The Hall–Kier alpha value is -0.300. The summed E-state index contributed by atoms with van der Waals surface area (Å²) in [5.74, 6) is 0.815. The van der Waals surface area contributed by atoms with Gasteiger partial charge in [0.05, 0.1) is 0 Å². The van der Waals surface area contributed by atoms with Crippen LogP contribution < -0.4 is 5.32 Å². The monoisotopic (exact) mass is 155 g/mol. The van der Waals surface area contributed by atoms with E-state index in [1.807, 2.05) is 6.08 Å². The van der Waals surface area contributed by atoms with Gasteiger partial charge in [0.2, 0.25) is 0 Å². The molecule has 11 heavy (non-hydrogen) atoms. The van der Waals surface area contributed by atoms with Crippen molar-refractivity contribution in [3.63, 3.8) is 0 Å². The molecule has 1 nitrogen and oxygen atoms in total. The van der Waals surface area contributed by atoms with Crippen LogP contribution in [0.1, 0.15) is 33.6 Å². The van der Waals surface area contributed by atoms with Crippen LogP contribution in [-0.2, 0) is 0 Å². The molecule has 1 unspecified atom stereocenters. The topological polar surface area (TPSA) is 12.0 Å². The van der Waals surface area contributed by atoms with E-state index in [0.717, 1.165) is 12.5 Å². The largest absolute Gasteiger partial charge is 0.311 e. The van der Waals surface area contributed by atoms with Crippen molar-refractivity contribution in [2.75, 3.05) is 6.54 Å². The van der Waals surface area contributed by atoms with Gasteiger partial charge in [-0.05, 0) is 12.8 Å². The normalized spacial score (nSPS) is 13.5. The molecule has 0 rings (SSSR count). The van der Waals surface area contributed by atoms with Gasteiger partial charge in [0.15, 0.2) is 0 Å². The van der Waals surface area contributed by atoms with E-state index in [9.17, 15) is 0 Å². The molecule has 0 aliphatic heterocycles. The van der Waals surface area contributed by atoms with Crippen molar-refractivity contribution >= 4 is 0 Å². The second kappa shape index (κ2) is 6.41. The third-order valence-electron chi connectivity index (χ3n) is 2.34. The Morgan fingerprint density at radius 1 is 1.36 bits per heavy atom. The molecule has 0 saturated heterocycles. The molecule has 0 amide bonds. The average Bonchev–Trinajstić information content (AvgIpc) is 2.03. The van der Waals surface area contributed by atoms with Gasteiger partial charge in [-0.2, -0.15) is 0 Å². The van der Waals surface area contributed by atoms with Gasteiger partial charge >= 0.3 is 0 Å². The molecule has 0 saturated carbocycles. The van der Waals surface area contributed by atoms with Crippen molar-refractivity contribution in [3.05, 3.63) is 12.7 Å². The molecular weight excluding hydrogens is 134 g/mol. The summed E-state index contributed by atoms with van der Waals surface area (Å²) in [7, 11) is 0. The molecule has 0 aliphatic carbocycles. The van der Waals surface area contributed by atoms with Crippen molar-refractivity contribution in [3.8, 4) is 0 Å². The fraction of sp³-hybridized carbons (Fsp3) is 0.800. The summed E-state index contributed by atoms with van der Waals surface area (Å²) in [6.07, 6.45) is 4.45. The van der Waals surface area contributed by atoms with Gasteiger partial charge in [0.1, 0.15) is 0 Å². The second-order valence-corrected chi connectivity index (χ2v) is 3.06. The molecule has 0 aromatic carbocycles. The Bertz CT molecular complexity index is 95.0. The molecule has 0 aromatic heterocycles. The zero-order valence-electron chi connectivity index (χ0n) is 8.06. The van der Waals surface area contributed by atoms with Crippen LogP contribution >= 0.6 is 0 Å². The lowest BCUT2D eigenvalue weighted by atomic mass is 9.96. The molecule has 0 aliphatic rings. The average molecular weight is 155 g/mol. The van der Waals surface area contributed by atoms with Crippen LogP contribution in [0, 0.1) is 5.92 Å². The third kappa shape index (κ3) is 4.20. The number of rotatable bonds is 6. The lowest BCUT2D eigenvalue weighted by Gasteiger charge is -2.21. The minimum atomic E-state index is 0.628. The van der Waals surface area contributed by atoms with Crippen LogP contribution in [-0.4, -0.2) is 12.6 Å². The maximum absolute atomic E-state index is 3.68. The summed E-state index contributed by atoms with van der Waals surface area (Å²) < 4.78 is 0. The van der Waals surface area contributed by atoms with Crippen LogP contribution in [0.5, 0.6) is 0 Å². The standard InChI is InChI=1S/C10H21N/c1-5-8-11-9(4)10(6-2)7-3/h5,9-11H,1,6-8H2,2-4H3. The van der Waals surface area contributed by atoms with Gasteiger partial charge < -0.3 is 5.32 Å². The molecule has 0 bridgehead atoms. The summed E-state index contributed by atoms with van der Waals surface area (Å²) in [6, 6.07) is 0.628. The molecule has 0 aromatic rings. The van der Waals surface area contributed by atoms with Gasteiger partial charge in [-0.25, -0.2) is 0 Å². The van der Waals surface area contributed by atoms with E-state index in [2.05, 4.69) is 32.7 Å². The molecule has 0 fully saturated rings. The fourth-order valence-electron chi connectivity index (χ4n) is 1.43. The van der Waals surface area contributed by atoms with E-state index in [-0.39, 0.29) is 0 Å². The van der Waals surface area contributed by atoms with Crippen molar-refractivity contribution in [2.24, 2.45) is 5.92 Å². The second-order valence-electron chi connectivity index (χ2n) is 3.06. The first-order valence-corrected chi connectivity index (χ1v) is 4.60. The molecular formula is C10H21N. The predicted octanol–water partition coefficient (Wildman–Crippen LogP) is 2.59. The maximum atomic E-state index is 3.68. The Balaban J connectivity index is 3.59. The molecule has 1 N–H and O–H groups in total. The Morgan fingerprint density at radius 2 is 1.91 bits per heavy atom. The maximum Gasteiger partial charge on any atom is 0.0134 e. The molecule has 0 radical (unpaired) electrons. The summed E-state index contributed by atoms with van der Waals surface area (Å²) in [5.41, 5.74) is 0. The van der Waals surface area contributed by atoms with E-state index in [1.165, 1.54) is 12.8 Å². The van der Waals surface area contributed by atoms with E-state index in [1.54, 1.807) is 0 Å². The number of nitrogens with one attached hydrogen (secondary N) is 1. The van der Waals surface area contributed by atoms with Gasteiger partial charge in [0.25, 0.3) is 0 Å². The Kier molecular flexibility index (Phi) is 6.24. The van der Waals surface area contributed by atoms with E-state index < -0.39 is 0 Å². The van der Waals surface area contributed by atoms with Crippen molar-refractivity contribution in [2.45, 2.75) is 39.7 Å². The highest BCUT2D eigenvalue weighted by Gasteiger charge is 2.10. The fourth-order valence-corrected chi connectivity index (χ4v) is 1.43. The summed E-state index contributed by atoms with van der Waals surface area (Å²) in [5, 5.41) is 3.42. The number of hydrogen-bond donors (Lipinski definition) is 1. The summed E-state index contributed by atoms with van der Waals surface area (Å²) >= 11 is 0. The van der Waals surface area contributed by atoms with Crippen molar-refractivity contribution in [1.29, 1.82) is 0 Å². The lowest BCUT2D eigenvalue weighted by Crippen LogP contribution is -2.32. The quantitative estimate of drug-likeness (QED) is 0.581. The van der Waals surface area contributed by atoms with Gasteiger partial charge in [0, 0.05) is 12.6 Å². The first-order valence-electron chi connectivity index (χ1n) is 4.60. The van der Waals surface area contributed by atoms with Crippen LogP contribution in [0.3, 0.4) is 0 Å². The molecule has 0 spiro atoms. The minimum absolute atomic E-state index is 0.628. The zero-order chi connectivity index (χ0) is 8.69. The van der Waals surface area contributed by atoms with Gasteiger partial charge in [-0.3, -0.25) is 0 Å². The van der Waals surface area contributed by atoms with Crippen molar-refractivity contribution < 1.29 is 0 Å². The van der Waals surface area contributed by atoms with Crippen LogP contribution in [0.15, 0.2) is 12.7 Å². The van der Waals surface area contributed by atoms with Gasteiger partial charge in [-0.15, -0.1) is 6.58 Å². The van der Waals surface area contributed by atoms with E-state index in [0.29, 0.717) is 6.04 Å². The highest BCUT2D eigenvalue weighted by molar-refractivity contribution is 4.76. The zero-order valence-corrected chi connectivity index (χ0v) is 8.06. The summed E-state index contributed by atoms with van der Waals surface area (Å²) in [6.45, 7) is 11.4. The molecule has 1 atom stereocenters. The van der Waals surface area contributed by atoms with Gasteiger partial charge in [-0.1, -0.05) is 32.8 Å². The molecule has 0 heterocycles. The predicted molar refractivity (Wildman–Crippen MR) is 51.7 cm³/mol. The first-order chi connectivity index (χ1) is 5.26. The highest BCUT2D eigenvalue weighted by atomic mass is 14.9. The van der Waals surface area contributed by atoms with Crippen LogP contribution in [0.25, 0.3) is 0 Å². The van der Waals surface area contributed by atoms with E-state index >= 15 is 0 Å².